The Balaban J connectivity index is 2.00. The third-order valence-electron chi connectivity index (χ3n) is 4.27. The highest BCUT2D eigenvalue weighted by Crippen LogP contribution is 2.36. The molecule has 5 heteroatoms. The number of H-pyrrole nitrogens is 1. The summed E-state index contributed by atoms with van der Waals surface area (Å²) in [6, 6.07) is 9.14. The molecule has 1 aromatic heterocycles. The van der Waals surface area contributed by atoms with Gasteiger partial charge in [0.15, 0.2) is 0 Å². The number of benzene rings is 1. The van der Waals surface area contributed by atoms with E-state index in [0.29, 0.717) is 0 Å². The largest absolute Gasteiger partial charge is 0.494 e. The zero-order valence-electron chi connectivity index (χ0n) is 12.2. The number of aromatic amines is 1. The van der Waals surface area contributed by atoms with Gasteiger partial charge in [-0.1, -0.05) is 12.1 Å². The molecule has 0 unspecified atom stereocenters. The van der Waals surface area contributed by atoms with Gasteiger partial charge in [-0.3, -0.25) is 4.79 Å². The minimum Gasteiger partial charge on any atom is -0.399 e. The van der Waals surface area contributed by atoms with Crippen molar-refractivity contribution in [3.63, 3.8) is 0 Å². The average Bonchev–Trinajstić information content (AvgIpc) is 2.58. The van der Waals surface area contributed by atoms with Gasteiger partial charge in [-0.05, 0) is 50.7 Å². The van der Waals surface area contributed by atoms with Crippen molar-refractivity contribution >= 4 is 23.5 Å². The maximum Gasteiger partial charge on any atom is 0.494 e. The molecule has 104 valence electrons. The van der Waals surface area contributed by atoms with Crippen LogP contribution < -0.4 is 11.0 Å². The van der Waals surface area contributed by atoms with Crippen LogP contribution in [0.25, 0.3) is 10.9 Å². The topological polar surface area (TPSA) is 51.3 Å². The number of nitrogens with one attached hydrogen (secondary N) is 1. The summed E-state index contributed by atoms with van der Waals surface area (Å²) in [4.78, 5) is 14.1. The Bertz CT molecular complexity index is 704. The number of hydrogen-bond donors (Lipinski definition) is 1. The summed E-state index contributed by atoms with van der Waals surface area (Å²) >= 11 is 0. The van der Waals surface area contributed by atoms with Crippen molar-refractivity contribution in [2.45, 2.75) is 38.9 Å². The fraction of sp³-hybridized carbons (Fsp3) is 0.400. The van der Waals surface area contributed by atoms with E-state index in [1.165, 1.54) is 6.07 Å². The van der Waals surface area contributed by atoms with Gasteiger partial charge in [0.1, 0.15) is 0 Å². The highest BCUT2D eigenvalue weighted by Gasteiger charge is 2.51. The Morgan fingerprint density at radius 2 is 1.65 bits per heavy atom. The Morgan fingerprint density at radius 1 is 1.00 bits per heavy atom. The molecule has 3 rings (SSSR count). The predicted octanol–water partition coefficient (Wildman–Crippen LogP) is 1.83. The monoisotopic (exact) mass is 271 g/mol. The third kappa shape index (κ3) is 2.07. The molecule has 2 aromatic rings. The number of pyridine rings is 1. The minimum atomic E-state index is -0.378. The molecular formula is C15H18BNO3. The zero-order valence-corrected chi connectivity index (χ0v) is 12.2. The van der Waals surface area contributed by atoms with E-state index in [1.54, 1.807) is 0 Å². The number of rotatable bonds is 1. The fourth-order valence-corrected chi connectivity index (χ4v) is 2.30. The Morgan fingerprint density at radius 3 is 2.30 bits per heavy atom. The van der Waals surface area contributed by atoms with Crippen molar-refractivity contribution < 1.29 is 9.31 Å². The molecule has 4 nitrogen and oxygen atoms in total. The van der Waals surface area contributed by atoms with Crippen LogP contribution >= 0.6 is 0 Å². The second-order valence-corrected chi connectivity index (χ2v) is 6.26. The highest BCUT2D eigenvalue weighted by atomic mass is 16.7. The maximum atomic E-state index is 11.3. The normalized spacial score (nSPS) is 20.5. The minimum absolute atomic E-state index is 0.0964. The summed E-state index contributed by atoms with van der Waals surface area (Å²) in [5.41, 5.74) is 0.983. The van der Waals surface area contributed by atoms with Gasteiger partial charge in [0.05, 0.1) is 11.2 Å². The molecule has 1 aliphatic rings. The van der Waals surface area contributed by atoms with Gasteiger partial charge in [0, 0.05) is 11.6 Å². The van der Waals surface area contributed by atoms with Gasteiger partial charge >= 0.3 is 7.12 Å². The Labute approximate surface area is 118 Å². The quantitative estimate of drug-likeness (QED) is 0.805. The Kier molecular flexibility index (Phi) is 2.82. The van der Waals surface area contributed by atoms with Crippen LogP contribution in [0.3, 0.4) is 0 Å². The van der Waals surface area contributed by atoms with Crippen LogP contribution in [0.1, 0.15) is 27.7 Å². The average molecular weight is 271 g/mol. The fourth-order valence-electron chi connectivity index (χ4n) is 2.30. The van der Waals surface area contributed by atoms with Gasteiger partial charge in [-0.15, -0.1) is 0 Å². The van der Waals surface area contributed by atoms with E-state index >= 15 is 0 Å². The molecule has 1 aliphatic heterocycles. The van der Waals surface area contributed by atoms with Crippen molar-refractivity contribution in [3.05, 3.63) is 40.7 Å². The summed E-state index contributed by atoms with van der Waals surface area (Å²) in [5.74, 6) is 0. The van der Waals surface area contributed by atoms with Crippen LogP contribution in [0.5, 0.6) is 0 Å². The van der Waals surface area contributed by atoms with Gasteiger partial charge in [0.2, 0.25) is 5.56 Å². The van der Waals surface area contributed by atoms with Crippen LogP contribution in [0.15, 0.2) is 35.1 Å². The number of hydrogen-bond acceptors (Lipinski definition) is 3. The predicted molar refractivity (Wildman–Crippen MR) is 80.3 cm³/mol. The smallest absolute Gasteiger partial charge is 0.399 e. The highest BCUT2D eigenvalue weighted by molar-refractivity contribution is 6.62. The molecule has 1 N–H and O–H groups in total. The summed E-state index contributed by atoms with van der Waals surface area (Å²) in [6.45, 7) is 8.13. The van der Waals surface area contributed by atoms with E-state index < -0.39 is 0 Å². The molecule has 1 saturated heterocycles. The van der Waals surface area contributed by atoms with Crippen molar-refractivity contribution in [3.8, 4) is 0 Å². The first-order valence-electron chi connectivity index (χ1n) is 6.77. The summed E-state index contributed by atoms with van der Waals surface area (Å²) in [6.07, 6.45) is 0. The van der Waals surface area contributed by atoms with E-state index in [1.807, 2.05) is 52.0 Å². The van der Waals surface area contributed by atoms with Crippen molar-refractivity contribution in [2.75, 3.05) is 0 Å². The summed E-state index contributed by atoms with van der Waals surface area (Å²) in [7, 11) is -0.378. The van der Waals surface area contributed by atoms with Crippen molar-refractivity contribution in [2.24, 2.45) is 0 Å². The molecule has 0 amide bonds. The van der Waals surface area contributed by atoms with Crippen LogP contribution in [0.4, 0.5) is 0 Å². The van der Waals surface area contributed by atoms with Gasteiger partial charge in [0.25, 0.3) is 0 Å². The SMILES string of the molecule is CC1(C)OB(c2ccc3[nH]c(=O)ccc3c2)OC1(C)C. The second-order valence-electron chi connectivity index (χ2n) is 6.26. The standard InChI is InChI=1S/C15H18BNO3/c1-14(2)15(3,4)20-16(19-14)11-6-7-12-10(9-11)5-8-13(18)17-12/h5-9H,1-4H3,(H,17,18). The van der Waals surface area contributed by atoms with E-state index in [9.17, 15) is 4.79 Å². The molecule has 1 aromatic carbocycles. The van der Waals surface area contributed by atoms with Crippen LogP contribution in [0.2, 0.25) is 0 Å². The van der Waals surface area contributed by atoms with E-state index in [2.05, 4.69) is 4.98 Å². The summed E-state index contributed by atoms with van der Waals surface area (Å²) in [5, 5.41) is 0.969. The van der Waals surface area contributed by atoms with Gasteiger partial charge < -0.3 is 14.3 Å². The third-order valence-corrected chi connectivity index (χ3v) is 4.27. The lowest BCUT2D eigenvalue weighted by Gasteiger charge is -2.32. The maximum absolute atomic E-state index is 11.3. The van der Waals surface area contributed by atoms with Crippen LogP contribution in [-0.2, 0) is 9.31 Å². The first-order valence-corrected chi connectivity index (χ1v) is 6.77. The lowest BCUT2D eigenvalue weighted by molar-refractivity contribution is 0.00578. The molecule has 0 radical (unpaired) electrons. The molecule has 20 heavy (non-hydrogen) atoms. The molecule has 2 heterocycles. The van der Waals surface area contributed by atoms with Crippen LogP contribution in [-0.4, -0.2) is 23.3 Å². The van der Waals surface area contributed by atoms with Crippen LogP contribution in [0, 0.1) is 0 Å². The van der Waals surface area contributed by atoms with Crippen molar-refractivity contribution in [1.82, 2.24) is 4.98 Å². The zero-order chi connectivity index (χ0) is 14.5. The molecule has 1 fully saturated rings. The molecule has 0 spiro atoms. The number of aromatic nitrogens is 1. The second kappa shape index (κ2) is 4.20. The lowest BCUT2D eigenvalue weighted by atomic mass is 9.78. The molecular weight excluding hydrogens is 253 g/mol. The van der Waals surface area contributed by atoms with Gasteiger partial charge in [-0.2, -0.15) is 0 Å². The van der Waals surface area contributed by atoms with E-state index in [-0.39, 0.29) is 23.9 Å². The number of fused-ring (bicyclic) bond motifs is 1. The first kappa shape index (κ1) is 13.4. The first-order chi connectivity index (χ1) is 9.28. The van der Waals surface area contributed by atoms with Crippen molar-refractivity contribution in [1.29, 1.82) is 0 Å². The Hall–Kier alpha value is -1.59. The molecule has 0 bridgehead atoms. The van der Waals surface area contributed by atoms with E-state index in [4.69, 9.17) is 9.31 Å². The summed E-state index contributed by atoms with van der Waals surface area (Å²) < 4.78 is 12.1. The molecule has 0 saturated carbocycles. The molecule has 0 atom stereocenters. The molecule has 0 aliphatic carbocycles. The van der Waals surface area contributed by atoms with E-state index in [0.717, 1.165) is 16.4 Å². The lowest BCUT2D eigenvalue weighted by Crippen LogP contribution is -2.41. The van der Waals surface area contributed by atoms with Gasteiger partial charge in [-0.25, -0.2) is 0 Å².